The molecule has 2 atom stereocenters. The summed E-state index contributed by atoms with van der Waals surface area (Å²) in [6, 6.07) is 10.9. The number of sulfonamides is 1. The smallest absolute Gasteiger partial charge is 0.243 e. The summed E-state index contributed by atoms with van der Waals surface area (Å²) in [6.45, 7) is 5.41. The number of hydrogen-bond acceptors (Lipinski definition) is 3. The van der Waals surface area contributed by atoms with Gasteiger partial charge in [-0.2, -0.15) is 4.31 Å². The SMILES string of the molecule is COc1ccc(S(=O)(=O)N2CC(C)CC(C)C2)c2ccccc12. The molecular formula is C18H23NO3S. The molecule has 1 saturated heterocycles. The van der Waals surface area contributed by atoms with Gasteiger partial charge in [-0.25, -0.2) is 8.42 Å². The number of benzene rings is 2. The summed E-state index contributed by atoms with van der Waals surface area (Å²) < 4.78 is 33.4. The van der Waals surface area contributed by atoms with Crippen molar-refractivity contribution in [3.63, 3.8) is 0 Å². The topological polar surface area (TPSA) is 46.6 Å². The van der Waals surface area contributed by atoms with Crippen LogP contribution in [-0.4, -0.2) is 32.9 Å². The molecule has 0 radical (unpaired) electrons. The predicted octanol–water partition coefficient (Wildman–Crippen LogP) is 3.52. The van der Waals surface area contributed by atoms with Crippen LogP contribution in [0.5, 0.6) is 5.75 Å². The summed E-state index contributed by atoms with van der Waals surface area (Å²) in [6.07, 6.45) is 1.08. The Kier molecular flexibility index (Phi) is 4.34. The molecule has 1 aliphatic rings. The lowest BCUT2D eigenvalue weighted by Crippen LogP contribution is -2.42. The fourth-order valence-electron chi connectivity index (χ4n) is 3.59. The van der Waals surface area contributed by atoms with E-state index in [2.05, 4.69) is 13.8 Å². The van der Waals surface area contributed by atoms with Crippen LogP contribution in [0.3, 0.4) is 0 Å². The van der Waals surface area contributed by atoms with Crippen LogP contribution in [0.1, 0.15) is 20.3 Å². The van der Waals surface area contributed by atoms with Gasteiger partial charge in [-0.1, -0.05) is 38.1 Å². The average Bonchev–Trinajstić information content (AvgIpc) is 2.52. The molecular weight excluding hydrogens is 310 g/mol. The Morgan fingerprint density at radius 1 is 1.00 bits per heavy atom. The minimum Gasteiger partial charge on any atom is -0.496 e. The molecule has 0 amide bonds. The van der Waals surface area contributed by atoms with E-state index < -0.39 is 10.0 Å². The van der Waals surface area contributed by atoms with Crippen molar-refractivity contribution in [2.45, 2.75) is 25.2 Å². The summed E-state index contributed by atoms with van der Waals surface area (Å²) in [7, 11) is -1.90. The highest BCUT2D eigenvalue weighted by atomic mass is 32.2. The van der Waals surface area contributed by atoms with Gasteiger partial charge in [-0.3, -0.25) is 0 Å². The standard InChI is InChI=1S/C18H23NO3S/c1-13-10-14(2)12-19(11-13)23(20,21)18-9-8-17(22-3)15-6-4-5-7-16(15)18/h4-9,13-14H,10-12H2,1-3H3. The first kappa shape index (κ1) is 16.3. The van der Waals surface area contributed by atoms with E-state index in [1.807, 2.05) is 24.3 Å². The zero-order valence-electron chi connectivity index (χ0n) is 13.8. The summed E-state index contributed by atoms with van der Waals surface area (Å²) in [5.41, 5.74) is 0. The zero-order chi connectivity index (χ0) is 16.6. The molecule has 5 heteroatoms. The van der Waals surface area contributed by atoms with Crippen LogP contribution in [0.4, 0.5) is 0 Å². The highest BCUT2D eigenvalue weighted by Crippen LogP contribution is 2.34. The van der Waals surface area contributed by atoms with Crippen molar-refractivity contribution in [2.24, 2.45) is 11.8 Å². The fraction of sp³-hybridized carbons (Fsp3) is 0.444. The lowest BCUT2D eigenvalue weighted by Gasteiger charge is -2.34. The van der Waals surface area contributed by atoms with E-state index in [0.29, 0.717) is 35.6 Å². The van der Waals surface area contributed by atoms with Gasteiger partial charge in [0.15, 0.2) is 0 Å². The van der Waals surface area contributed by atoms with Crippen LogP contribution in [0.2, 0.25) is 0 Å². The van der Waals surface area contributed by atoms with Gasteiger partial charge in [0, 0.05) is 23.9 Å². The Morgan fingerprint density at radius 3 is 2.22 bits per heavy atom. The summed E-state index contributed by atoms with van der Waals surface area (Å²) in [5.74, 6) is 1.47. The molecule has 23 heavy (non-hydrogen) atoms. The number of fused-ring (bicyclic) bond motifs is 1. The first-order chi connectivity index (χ1) is 10.9. The number of ether oxygens (including phenoxy) is 1. The summed E-state index contributed by atoms with van der Waals surface area (Å²) >= 11 is 0. The first-order valence-corrected chi connectivity index (χ1v) is 9.43. The second-order valence-electron chi connectivity index (χ2n) is 6.58. The molecule has 0 aliphatic carbocycles. The monoisotopic (exact) mass is 333 g/mol. The van der Waals surface area contributed by atoms with Crippen LogP contribution in [0.15, 0.2) is 41.3 Å². The van der Waals surface area contributed by atoms with E-state index in [4.69, 9.17) is 4.74 Å². The number of nitrogens with zero attached hydrogens (tertiary/aromatic N) is 1. The van der Waals surface area contributed by atoms with Crippen molar-refractivity contribution >= 4 is 20.8 Å². The molecule has 2 aromatic rings. The maximum absolute atomic E-state index is 13.2. The Labute approximate surface area is 138 Å². The Hall–Kier alpha value is -1.59. The predicted molar refractivity (Wildman–Crippen MR) is 92.2 cm³/mol. The molecule has 1 fully saturated rings. The van der Waals surface area contributed by atoms with Gasteiger partial charge >= 0.3 is 0 Å². The third-order valence-electron chi connectivity index (χ3n) is 4.52. The van der Waals surface area contributed by atoms with Crippen molar-refractivity contribution < 1.29 is 13.2 Å². The van der Waals surface area contributed by atoms with Crippen molar-refractivity contribution in [1.82, 2.24) is 4.31 Å². The van der Waals surface area contributed by atoms with Gasteiger partial charge in [0.25, 0.3) is 0 Å². The normalized spacial score (nSPS) is 23.1. The lowest BCUT2D eigenvalue weighted by atomic mass is 9.94. The molecule has 0 bridgehead atoms. The fourth-order valence-corrected chi connectivity index (χ4v) is 5.46. The molecule has 3 rings (SSSR count). The summed E-state index contributed by atoms with van der Waals surface area (Å²) in [4.78, 5) is 0.371. The minimum absolute atomic E-state index is 0.371. The van der Waals surface area contributed by atoms with E-state index in [-0.39, 0.29) is 0 Å². The second kappa shape index (κ2) is 6.13. The molecule has 0 N–H and O–H groups in total. The van der Waals surface area contributed by atoms with Gasteiger partial charge < -0.3 is 4.74 Å². The van der Waals surface area contributed by atoms with E-state index in [1.54, 1.807) is 23.5 Å². The van der Waals surface area contributed by atoms with E-state index in [0.717, 1.165) is 17.2 Å². The average molecular weight is 333 g/mol. The molecule has 124 valence electrons. The number of methoxy groups -OCH3 is 1. The van der Waals surface area contributed by atoms with Crippen LogP contribution in [-0.2, 0) is 10.0 Å². The second-order valence-corrected chi connectivity index (χ2v) is 8.49. The van der Waals surface area contributed by atoms with E-state index in [9.17, 15) is 8.42 Å². The van der Waals surface area contributed by atoms with Crippen LogP contribution in [0, 0.1) is 11.8 Å². The molecule has 0 saturated carbocycles. The highest BCUT2D eigenvalue weighted by molar-refractivity contribution is 7.89. The molecule has 4 nitrogen and oxygen atoms in total. The Bertz CT molecular complexity index is 806. The molecule has 1 heterocycles. The minimum atomic E-state index is -3.50. The molecule has 0 spiro atoms. The number of hydrogen-bond donors (Lipinski definition) is 0. The third kappa shape index (κ3) is 2.95. The number of piperidine rings is 1. The lowest BCUT2D eigenvalue weighted by molar-refractivity contribution is 0.222. The number of rotatable bonds is 3. The Balaban J connectivity index is 2.12. The van der Waals surface area contributed by atoms with Crippen molar-refractivity contribution in [3.05, 3.63) is 36.4 Å². The first-order valence-electron chi connectivity index (χ1n) is 7.99. The quantitative estimate of drug-likeness (QED) is 0.863. The summed E-state index contributed by atoms with van der Waals surface area (Å²) in [5, 5.41) is 1.55. The van der Waals surface area contributed by atoms with Gasteiger partial charge in [0.2, 0.25) is 10.0 Å². The van der Waals surface area contributed by atoms with E-state index >= 15 is 0 Å². The molecule has 2 unspecified atom stereocenters. The zero-order valence-corrected chi connectivity index (χ0v) is 14.6. The Morgan fingerprint density at radius 2 is 1.61 bits per heavy atom. The molecule has 2 aromatic carbocycles. The third-order valence-corrected chi connectivity index (χ3v) is 6.41. The maximum atomic E-state index is 13.2. The highest BCUT2D eigenvalue weighted by Gasteiger charge is 2.32. The molecule has 0 aromatic heterocycles. The van der Waals surface area contributed by atoms with Crippen LogP contribution >= 0.6 is 0 Å². The molecule has 1 aliphatic heterocycles. The van der Waals surface area contributed by atoms with Crippen molar-refractivity contribution in [2.75, 3.05) is 20.2 Å². The van der Waals surface area contributed by atoms with E-state index in [1.165, 1.54) is 0 Å². The van der Waals surface area contributed by atoms with Gasteiger partial charge in [0.05, 0.1) is 12.0 Å². The van der Waals surface area contributed by atoms with Crippen molar-refractivity contribution in [3.8, 4) is 5.75 Å². The van der Waals surface area contributed by atoms with Crippen LogP contribution < -0.4 is 4.74 Å². The van der Waals surface area contributed by atoms with Crippen LogP contribution in [0.25, 0.3) is 10.8 Å². The largest absolute Gasteiger partial charge is 0.496 e. The van der Waals surface area contributed by atoms with Gasteiger partial charge in [-0.05, 0) is 30.4 Å². The van der Waals surface area contributed by atoms with Gasteiger partial charge in [-0.15, -0.1) is 0 Å². The maximum Gasteiger partial charge on any atom is 0.243 e. The van der Waals surface area contributed by atoms with Gasteiger partial charge in [0.1, 0.15) is 5.75 Å². The van der Waals surface area contributed by atoms with Crippen molar-refractivity contribution in [1.29, 1.82) is 0 Å².